The Bertz CT molecular complexity index is 563. The molecule has 1 heterocycles. The van der Waals surface area contributed by atoms with Crippen LogP contribution in [0.1, 0.15) is 25.7 Å². The van der Waals surface area contributed by atoms with Gasteiger partial charge in [-0.3, -0.25) is 14.5 Å². The highest BCUT2D eigenvalue weighted by atomic mass is 16.2. The van der Waals surface area contributed by atoms with Crippen LogP contribution in [0, 0.1) is 0 Å². The van der Waals surface area contributed by atoms with Gasteiger partial charge >= 0.3 is 0 Å². The third-order valence-corrected chi connectivity index (χ3v) is 4.44. The van der Waals surface area contributed by atoms with Crippen molar-refractivity contribution in [2.75, 3.05) is 57.5 Å². The second-order valence-electron chi connectivity index (χ2n) is 6.96. The Morgan fingerprint density at radius 3 is 2.12 bits per heavy atom. The van der Waals surface area contributed by atoms with Crippen LogP contribution in [0.3, 0.4) is 0 Å². The van der Waals surface area contributed by atoms with Gasteiger partial charge in [-0.2, -0.15) is 0 Å². The third kappa shape index (κ3) is 6.38. The summed E-state index contributed by atoms with van der Waals surface area (Å²) < 4.78 is 0. The van der Waals surface area contributed by atoms with Gasteiger partial charge in [-0.15, -0.1) is 0 Å². The fraction of sp³-hybridized carbons (Fsp3) is 0.579. The number of nitrogens with one attached hydrogen (secondary N) is 1. The molecule has 6 heteroatoms. The Morgan fingerprint density at radius 1 is 0.960 bits per heavy atom. The van der Waals surface area contributed by atoms with Crippen molar-refractivity contribution in [2.24, 2.45) is 0 Å². The predicted molar refractivity (Wildman–Crippen MR) is 102 cm³/mol. The van der Waals surface area contributed by atoms with E-state index in [1.807, 2.05) is 12.1 Å². The molecule has 0 atom stereocenters. The van der Waals surface area contributed by atoms with Gasteiger partial charge in [0.05, 0.1) is 13.1 Å². The maximum atomic E-state index is 12.1. The lowest BCUT2D eigenvalue weighted by atomic mass is 10.2. The van der Waals surface area contributed by atoms with Crippen molar-refractivity contribution in [3.8, 4) is 0 Å². The van der Waals surface area contributed by atoms with E-state index in [-0.39, 0.29) is 24.9 Å². The van der Waals surface area contributed by atoms with E-state index < -0.39 is 0 Å². The van der Waals surface area contributed by atoms with Gasteiger partial charge in [-0.05, 0) is 44.2 Å². The van der Waals surface area contributed by atoms with Crippen LogP contribution in [0.5, 0.6) is 0 Å². The maximum absolute atomic E-state index is 12.1. The molecule has 1 fully saturated rings. The summed E-state index contributed by atoms with van der Waals surface area (Å²) in [5, 5.41) is 2.89. The van der Waals surface area contributed by atoms with Gasteiger partial charge in [0.25, 0.3) is 0 Å². The van der Waals surface area contributed by atoms with Gasteiger partial charge in [0.15, 0.2) is 0 Å². The first kappa shape index (κ1) is 19.2. The lowest BCUT2D eigenvalue weighted by Crippen LogP contribution is -2.38. The molecule has 0 unspecified atom stereocenters. The lowest BCUT2D eigenvalue weighted by Gasteiger charge is -2.23. The molecular formula is C19H30N4O2. The number of benzene rings is 1. The molecule has 0 spiro atoms. The predicted octanol–water partition coefficient (Wildman–Crippen LogP) is 2.03. The number of likely N-dealkylation sites (N-methyl/N-ethyl adjacent to an activating group) is 2. The Labute approximate surface area is 150 Å². The summed E-state index contributed by atoms with van der Waals surface area (Å²) in [4.78, 5) is 29.4. The van der Waals surface area contributed by atoms with Crippen LogP contribution in [0.15, 0.2) is 24.3 Å². The fourth-order valence-corrected chi connectivity index (χ4v) is 2.96. The number of carbonyl (C=O) groups is 2. The Morgan fingerprint density at radius 2 is 1.56 bits per heavy atom. The van der Waals surface area contributed by atoms with E-state index in [0.29, 0.717) is 0 Å². The minimum absolute atomic E-state index is 0.0166. The van der Waals surface area contributed by atoms with Gasteiger partial charge in [-0.1, -0.05) is 12.8 Å². The van der Waals surface area contributed by atoms with E-state index in [2.05, 4.69) is 22.3 Å². The molecule has 0 aliphatic carbocycles. The lowest BCUT2D eigenvalue weighted by molar-refractivity contribution is -0.130. The topological polar surface area (TPSA) is 55.9 Å². The normalized spacial score (nSPS) is 15.0. The van der Waals surface area contributed by atoms with Crippen molar-refractivity contribution >= 4 is 23.2 Å². The summed E-state index contributed by atoms with van der Waals surface area (Å²) in [6.07, 6.45) is 5.12. The average molecular weight is 346 g/mol. The minimum Gasteiger partial charge on any atom is -0.372 e. The summed E-state index contributed by atoms with van der Waals surface area (Å²) >= 11 is 0. The van der Waals surface area contributed by atoms with E-state index in [1.54, 1.807) is 26.0 Å². The SMILES string of the molecule is CN(CC(=O)Nc1ccc(N2CCCCCC2)cc1)CC(=O)N(C)C. The van der Waals surface area contributed by atoms with Crippen molar-refractivity contribution in [3.05, 3.63) is 24.3 Å². The number of amides is 2. The Kier molecular flexibility index (Phi) is 7.25. The summed E-state index contributed by atoms with van der Waals surface area (Å²) in [6.45, 7) is 2.63. The number of hydrogen-bond acceptors (Lipinski definition) is 4. The van der Waals surface area contributed by atoms with Crippen LogP contribution in [0.4, 0.5) is 11.4 Å². The van der Waals surface area contributed by atoms with Crippen LogP contribution in [0.25, 0.3) is 0 Å². The monoisotopic (exact) mass is 346 g/mol. The molecule has 2 rings (SSSR count). The van der Waals surface area contributed by atoms with Gasteiger partial charge in [0.1, 0.15) is 0 Å². The first-order valence-electron chi connectivity index (χ1n) is 8.99. The smallest absolute Gasteiger partial charge is 0.238 e. The molecule has 1 aromatic rings. The fourth-order valence-electron chi connectivity index (χ4n) is 2.96. The second kappa shape index (κ2) is 9.42. The number of anilines is 2. The zero-order valence-corrected chi connectivity index (χ0v) is 15.6. The first-order valence-corrected chi connectivity index (χ1v) is 8.99. The molecule has 6 nitrogen and oxygen atoms in total. The zero-order chi connectivity index (χ0) is 18.2. The number of hydrogen-bond donors (Lipinski definition) is 1. The van der Waals surface area contributed by atoms with E-state index in [1.165, 1.54) is 36.3 Å². The second-order valence-corrected chi connectivity index (χ2v) is 6.96. The van der Waals surface area contributed by atoms with E-state index >= 15 is 0 Å². The summed E-state index contributed by atoms with van der Waals surface area (Å²) in [7, 11) is 5.19. The van der Waals surface area contributed by atoms with Crippen molar-refractivity contribution in [2.45, 2.75) is 25.7 Å². The molecule has 1 aliphatic rings. The molecule has 1 saturated heterocycles. The van der Waals surface area contributed by atoms with E-state index in [4.69, 9.17) is 0 Å². The molecule has 1 aromatic carbocycles. The third-order valence-electron chi connectivity index (χ3n) is 4.44. The molecule has 138 valence electrons. The Balaban J connectivity index is 1.83. The first-order chi connectivity index (χ1) is 12.0. The molecular weight excluding hydrogens is 316 g/mol. The van der Waals surface area contributed by atoms with E-state index in [0.717, 1.165) is 18.8 Å². The number of rotatable bonds is 6. The zero-order valence-electron chi connectivity index (χ0n) is 15.6. The number of carbonyl (C=O) groups excluding carboxylic acids is 2. The van der Waals surface area contributed by atoms with Crippen molar-refractivity contribution in [1.29, 1.82) is 0 Å². The summed E-state index contributed by atoms with van der Waals surface area (Å²) in [5.74, 6) is -0.131. The van der Waals surface area contributed by atoms with Gasteiger partial charge < -0.3 is 15.1 Å². The molecule has 0 saturated carbocycles. The highest BCUT2D eigenvalue weighted by Gasteiger charge is 2.13. The van der Waals surface area contributed by atoms with Crippen molar-refractivity contribution in [1.82, 2.24) is 9.80 Å². The molecule has 1 aliphatic heterocycles. The van der Waals surface area contributed by atoms with Crippen LogP contribution in [-0.2, 0) is 9.59 Å². The minimum atomic E-state index is -0.114. The number of nitrogens with zero attached hydrogens (tertiary/aromatic N) is 3. The van der Waals surface area contributed by atoms with Gasteiger partial charge in [0, 0.05) is 38.6 Å². The van der Waals surface area contributed by atoms with Crippen LogP contribution in [0.2, 0.25) is 0 Å². The molecule has 0 bridgehead atoms. The molecule has 1 N–H and O–H groups in total. The molecule has 25 heavy (non-hydrogen) atoms. The summed E-state index contributed by atoms with van der Waals surface area (Å²) in [6, 6.07) is 8.03. The van der Waals surface area contributed by atoms with Gasteiger partial charge in [0.2, 0.25) is 11.8 Å². The van der Waals surface area contributed by atoms with Gasteiger partial charge in [-0.25, -0.2) is 0 Å². The van der Waals surface area contributed by atoms with Crippen molar-refractivity contribution in [3.63, 3.8) is 0 Å². The highest BCUT2D eigenvalue weighted by Crippen LogP contribution is 2.21. The highest BCUT2D eigenvalue weighted by molar-refractivity contribution is 5.92. The molecule has 0 aromatic heterocycles. The van der Waals surface area contributed by atoms with Crippen LogP contribution in [-0.4, -0.2) is 68.9 Å². The molecule has 0 radical (unpaired) electrons. The molecule has 2 amide bonds. The Hall–Kier alpha value is -2.08. The quantitative estimate of drug-likeness (QED) is 0.856. The van der Waals surface area contributed by atoms with Crippen LogP contribution >= 0.6 is 0 Å². The summed E-state index contributed by atoms with van der Waals surface area (Å²) in [5.41, 5.74) is 2.00. The van der Waals surface area contributed by atoms with E-state index in [9.17, 15) is 9.59 Å². The maximum Gasteiger partial charge on any atom is 0.238 e. The largest absolute Gasteiger partial charge is 0.372 e. The van der Waals surface area contributed by atoms with Crippen molar-refractivity contribution < 1.29 is 9.59 Å². The van der Waals surface area contributed by atoms with Crippen LogP contribution < -0.4 is 10.2 Å². The average Bonchev–Trinajstić information content (AvgIpc) is 2.84. The standard InChI is InChI=1S/C19H30N4O2/c1-21(2)19(25)15-22(3)14-18(24)20-16-8-10-17(11-9-16)23-12-6-4-5-7-13-23/h8-11H,4-7,12-15H2,1-3H3,(H,20,24).